The molecular formula is C19H24ClN5O6S2. The van der Waals surface area contributed by atoms with Crippen molar-refractivity contribution in [1.82, 2.24) is 9.62 Å². The molecule has 0 unspecified atom stereocenters. The smallest absolute Gasteiger partial charge is 0.367 e. The molecule has 0 saturated carbocycles. The molecule has 2 aromatic rings. The highest BCUT2D eigenvalue weighted by molar-refractivity contribution is 7.89. The van der Waals surface area contributed by atoms with Crippen molar-refractivity contribution >= 4 is 49.2 Å². The van der Waals surface area contributed by atoms with Crippen molar-refractivity contribution in [2.45, 2.75) is 31.7 Å². The van der Waals surface area contributed by atoms with Gasteiger partial charge in [0.15, 0.2) is 17.4 Å². The first-order valence-electron chi connectivity index (χ1n) is 9.59. The lowest BCUT2D eigenvalue weighted by Crippen LogP contribution is -2.41. The molecule has 0 fully saturated rings. The summed E-state index contributed by atoms with van der Waals surface area (Å²) in [6.07, 6.45) is 1.35. The highest BCUT2D eigenvalue weighted by Gasteiger charge is 2.34. The lowest BCUT2D eigenvalue weighted by molar-refractivity contribution is 0.264. The van der Waals surface area contributed by atoms with Gasteiger partial charge in [-0.15, -0.1) is 8.80 Å². The van der Waals surface area contributed by atoms with E-state index in [4.69, 9.17) is 16.0 Å². The fourth-order valence-electron chi connectivity index (χ4n) is 3.00. The molecule has 3 N–H and O–H groups in total. The molecular weight excluding hydrogens is 494 g/mol. The molecule has 1 aromatic heterocycles. The summed E-state index contributed by atoms with van der Waals surface area (Å²) >= 11 is 5.98. The molecule has 3 rings (SSSR count). The van der Waals surface area contributed by atoms with Crippen LogP contribution in [-0.2, 0) is 20.2 Å². The van der Waals surface area contributed by atoms with Crippen LogP contribution in [0.1, 0.15) is 32.6 Å². The number of hydrogen-bond donors (Lipinski definition) is 3. The van der Waals surface area contributed by atoms with Crippen molar-refractivity contribution < 1.29 is 26.4 Å². The van der Waals surface area contributed by atoms with Crippen molar-refractivity contribution in [3.8, 4) is 5.75 Å². The predicted octanol–water partition coefficient (Wildman–Crippen LogP) is 2.73. The second-order valence-corrected chi connectivity index (χ2v) is 12.3. The lowest BCUT2D eigenvalue weighted by Gasteiger charge is -2.30. The second-order valence-electron chi connectivity index (χ2n) is 8.50. The normalized spacial score (nSPS) is 16.9. The Kier molecular flexibility index (Phi) is 6.54. The van der Waals surface area contributed by atoms with E-state index in [9.17, 15) is 21.9 Å². The Labute approximate surface area is 197 Å². The van der Waals surface area contributed by atoms with Crippen molar-refractivity contribution in [3.63, 3.8) is 0 Å². The summed E-state index contributed by atoms with van der Waals surface area (Å²) in [6, 6.07) is 5.04. The monoisotopic (exact) mass is 517 g/mol. The summed E-state index contributed by atoms with van der Waals surface area (Å²) in [7, 11) is -5.52. The number of hydrogen-bond acceptors (Lipinski definition) is 8. The summed E-state index contributed by atoms with van der Waals surface area (Å²) in [5.41, 5.74) is -0.542. The molecule has 11 nitrogen and oxygen atoms in total. The number of nitrogens with zero attached hydrogens (tertiary/aromatic N) is 3. The van der Waals surface area contributed by atoms with Crippen LogP contribution in [0.3, 0.4) is 0 Å². The van der Waals surface area contributed by atoms with Gasteiger partial charge >= 0.3 is 10.2 Å². The molecule has 0 amide bonds. The number of rotatable bonds is 5. The number of aromatic hydroxyl groups is 1. The van der Waals surface area contributed by atoms with Gasteiger partial charge in [0.2, 0.25) is 10.0 Å². The van der Waals surface area contributed by atoms with Crippen LogP contribution in [0.25, 0.3) is 0 Å². The highest BCUT2D eigenvalue weighted by Crippen LogP contribution is 2.36. The average molecular weight is 518 g/mol. The number of benzene rings is 1. The van der Waals surface area contributed by atoms with Crippen LogP contribution in [0.15, 0.2) is 48.6 Å². The topological polar surface area (TPSA) is 154 Å². The summed E-state index contributed by atoms with van der Waals surface area (Å²) in [4.78, 5) is -0.358. The molecule has 0 spiro atoms. The van der Waals surface area contributed by atoms with Crippen molar-refractivity contribution in [3.05, 3.63) is 41.3 Å². The van der Waals surface area contributed by atoms with E-state index in [-0.39, 0.29) is 22.3 Å². The molecule has 180 valence electrons. The predicted molar refractivity (Wildman–Crippen MR) is 125 cm³/mol. The van der Waals surface area contributed by atoms with E-state index in [1.54, 1.807) is 6.07 Å². The molecule has 0 saturated heterocycles. The first-order chi connectivity index (χ1) is 15.1. The summed E-state index contributed by atoms with van der Waals surface area (Å²) in [5, 5.41) is 16.6. The minimum Gasteiger partial charge on any atom is -0.504 e. The van der Waals surface area contributed by atoms with Gasteiger partial charge in [-0.2, -0.15) is 8.42 Å². The van der Waals surface area contributed by atoms with E-state index in [1.807, 2.05) is 20.8 Å². The van der Waals surface area contributed by atoms with Crippen LogP contribution in [0.2, 0.25) is 5.02 Å². The maximum Gasteiger partial charge on any atom is 0.367 e. The van der Waals surface area contributed by atoms with Gasteiger partial charge in [-0.3, -0.25) is 0 Å². The summed E-state index contributed by atoms with van der Waals surface area (Å²) in [6.45, 7) is 5.70. The van der Waals surface area contributed by atoms with Crippen LogP contribution in [0, 0.1) is 5.41 Å². The molecule has 0 aliphatic carbocycles. The fraction of sp³-hybridized carbons (Fsp3) is 0.368. The zero-order valence-corrected chi connectivity index (χ0v) is 20.9. The Morgan fingerprint density at radius 3 is 2.36 bits per heavy atom. The Morgan fingerprint density at radius 1 is 1.18 bits per heavy atom. The third-order valence-corrected chi connectivity index (χ3v) is 7.54. The van der Waals surface area contributed by atoms with Crippen LogP contribution in [0.5, 0.6) is 5.75 Å². The summed E-state index contributed by atoms with van der Waals surface area (Å²) < 4.78 is 62.9. The number of para-hydroxylation sites is 1. The highest BCUT2D eigenvalue weighted by atomic mass is 35.5. The Bertz CT molecular complexity index is 1340. The fourth-order valence-corrected chi connectivity index (χ4v) is 4.92. The van der Waals surface area contributed by atoms with E-state index in [0.29, 0.717) is 10.8 Å². The molecule has 1 aliphatic rings. The first-order valence-corrected chi connectivity index (χ1v) is 12.8. The van der Waals surface area contributed by atoms with Crippen molar-refractivity contribution in [2.24, 2.45) is 14.2 Å². The van der Waals surface area contributed by atoms with Gasteiger partial charge in [-0.05, 0) is 17.5 Å². The maximum atomic E-state index is 12.5. The number of nitrogens with one attached hydrogen (secondary N) is 2. The number of sulfonamides is 1. The largest absolute Gasteiger partial charge is 0.504 e. The molecule has 14 heteroatoms. The minimum absolute atomic E-state index is 0.0726. The molecule has 0 bridgehead atoms. The Hall–Kier alpha value is -2.61. The second kappa shape index (κ2) is 8.63. The van der Waals surface area contributed by atoms with E-state index in [1.165, 1.54) is 38.6 Å². The standard InChI is InChI=1S/C19H24ClN5O6S2/c1-19(2,3)16(13-9-11(20)10-31-13)22-18-17(23-33(29,30)24-18)21-12-7-6-8-14(15(12)26)32(27,28)25(4)5/h6-10,16,26H,1-5H3,(H,21,23)(H,22,24)/t16-/m0/s1. The number of amidine groups is 2. The third kappa shape index (κ3) is 5.32. The van der Waals surface area contributed by atoms with E-state index < -0.39 is 37.4 Å². The molecule has 0 radical (unpaired) electrons. The Balaban J connectivity index is 1.98. The minimum atomic E-state index is -4.21. The maximum absolute atomic E-state index is 12.5. The summed E-state index contributed by atoms with van der Waals surface area (Å²) in [5.74, 6) is -0.511. The van der Waals surface area contributed by atoms with Crippen LogP contribution in [0.4, 0.5) is 5.69 Å². The average Bonchev–Trinajstić information content (AvgIpc) is 3.22. The molecule has 33 heavy (non-hydrogen) atoms. The van der Waals surface area contributed by atoms with Gasteiger partial charge < -0.3 is 20.2 Å². The zero-order chi connectivity index (χ0) is 24.8. The quantitative estimate of drug-likeness (QED) is 0.511. The number of phenols is 1. The van der Waals surface area contributed by atoms with Gasteiger partial charge in [0.05, 0.1) is 16.8 Å². The number of furan rings is 1. The van der Waals surface area contributed by atoms with E-state index in [2.05, 4.69) is 19.4 Å². The number of halogens is 1. The van der Waals surface area contributed by atoms with Gasteiger partial charge in [0, 0.05) is 20.2 Å². The van der Waals surface area contributed by atoms with Gasteiger partial charge in [0.1, 0.15) is 16.9 Å². The van der Waals surface area contributed by atoms with Gasteiger partial charge in [0.25, 0.3) is 0 Å². The van der Waals surface area contributed by atoms with Crippen molar-refractivity contribution in [2.75, 3.05) is 19.4 Å². The van der Waals surface area contributed by atoms with E-state index in [0.717, 1.165) is 4.31 Å². The van der Waals surface area contributed by atoms with Crippen LogP contribution in [-0.4, -0.2) is 52.0 Å². The molecule has 1 atom stereocenters. The molecule has 2 heterocycles. The molecule has 1 aliphatic heterocycles. The lowest BCUT2D eigenvalue weighted by atomic mass is 9.85. The first kappa shape index (κ1) is 25.0. The van der Waals surface area contributed by atoms with Crippen LogP contribution >= 0.6 is 11.6 Å². The van der Waals surface area contributed by atoms with Gasteiger partial charge in [-0.1, -0.05) is 38.4 Å². The number of phenolic OH excluding ortho intramolecular Hbond substituents is 1. The Morgan fingerprint density at radius 2 is 1.82 bits per heavy atom. The van der Waals surface area contributed by atoms with E-state index >= 15 is 0 Å². The van der Waals surface area contributed by atoms with Gasteiger partial charge in [-0.25, -0.2) is 12.7 Å². The zero-order valence-electron chi connectivity index (χ0n) is 18.5. The number of anilines is 1. The molecule has 1 aromatic carbocycles. The third-order valence-electron chi connectivity index (χ3n) is 4.67. The SMILES string of the molecule is CN(C)S(=O)(=O)c1cccc(NC2=NS(=O)(=O)N=C2N[C@@H](c2cc(Cl)co2)C(C)(C)C)c1O. The van der Waals surface area contributed by atoms with Crippen LogP contribution < -0.4 is 10.6 Å². The van der Waals surface area contributed by atoms with Crippen molar-refractivity contribution in [1.29, 1.82) is 0 Å².